The Morgan fingerprint density at radius 3 is 2.79 bits per heavy atom. The summed E-state index contributed by atoms with van der Waals surface area (Å²) < 4.78 is 11.6. The van der Waals surface area contributed by atoms with Crippen LogP contribution in [-0.2, 0) is 28.8 Å². The Balaban J connectivity index is 1.40. The van der Waals surface area contributed by atoms with Gasteiger partial charge < -0.3 is 14.8 Å². The molecule has 0 aromatic heterocycles. The molecule has 4 nitrogen and oxygen atoms in total. The van der Waals surface area contributed by atoms with Crippen LogP contribution in [0.15, 0.2) is 36.4 Å². The van der Waals surface area contributed by atoms with Crippen molar-refractivity contribution >= 4 is 11.6 Å². The summed E-state index contributed by atoms with van der Waals surface area (Å²) in [4.78, 5) is 12.7. The smallest absolute Gasteiger partial charge is 0.228 e. The summed E-state index contributed by atoms with van der Waals surface area (Å²) in [5.74, 6) is 0.705. The van der Waals surface area contributed by atoms with E-state index in [9.17, 15) is 4.79 Å². The van der Waals surface area contributed by atoms with Crippen molar-refractivity contribution in [3.63, 3.8) is 0 Å². The normalized spacial score (nSPS) is 18.5. The molecule has 1 N–H and O–H groups in total. The Hall–Kier alpha value is -2.33. The second-order valence-corrected chi connectivity index (χ2v) is 7.98. The first-order chi connectivity index (χ1) is 13.7. The quantitative estimate of drug-likeness (QED) is 0.797. The SMILES string of the molecule is Cc1ccc(NC(=O)Cc2ccc3c(c2)CCCC3)c(OCC2CCCO2)c1. The van der Waals surface area contributed by atoms with Crippen LogP contribution in [0, 0.1) is 6.92 Å². The molecular formula is C24H29NO3. The minimum absolute atomic E-state index is 0.0124. The van der Waals surface area contributed by atoms with Crippen molar-refractivity contribution in [1.82, 2.24) is 0 Å². The Bertz CT molecular complexity index is 840. The standard InChI is InChI=1S/C24H29NO3/c1-17-8-11-22(23(13-17)28-16-21-7-4-12-27-21)25-24(26)15-18-9-10-19-5-2-3-6-20(19)14-18/h8-11,13-14,21H,2-7,12,15-16H2,1H3,(H,25,26). The van der Waals surface area contributed by atoms with Gasteiger partial charge in [-0.1, -0.05) is 24.3 Å². The third-order valence-electron chi connectivity index (χ3n) is 5.64. The zero-order valence-corrected chi connectivity index (χ0v) is 16.6. The zero-order chi connectivity index (χ0) is 19.3. The molecule has 2 aromatic carbocycles. The van der Waals surface area contributed by atoms with Gasteiger partial charge in [0.15, 0.2) is 0 Å². The van der Waals surface area contributed by atoms with Crippen LogP contribution >= 0.6 is 0 Å². The topological polar surface area (TPSA) is 47.6 Å². The van der Waals surface area contributed by atoms with Crippen LogP contribution < -0.4 is 10.1 Å². The lowest BCUT2D eigenvalue weighted by atomic mass is 9.90. The Morgan fingerprint density at radius 2 is 1.96 bits per heavy atom. The number of carbonyl (C=O) groups excluding carboxylic acids is 1. The van der Waals surface area contributed by atoms with E-state index in [0.717, 1.165) is 49.1 Å². The van der Waals surface area contributed by atoms with Gasteiger partial charge in [0.2, 0.25) is 5.91 Å². The van der Waals surface area contributed by atoms with Gasteiger partial charge in [-0.05, 0) is 79.8 Å². The maximum Gasteiger partial charge on any atom is 0.228 e. The van der Waals surface area contributed by atoms with Crippen LogP contribution in [0.3, 0.4) is 0 Å². The lowest BCUT2D eigenvalue weighted by molar-refractivity contribution is -0.115. The fourth-order valence-corrected chi connectivity index (χ4v) is 4.09. The van der Waals surface area contributed by atoms with E-state index < -0.39 is 0 Å². The minimum Gasteiger partial charge on any atom is -0.489 e. The van der Waals surface area contributed by atoms with Gasteiger partial charge in [0, 0.05) is 6.61 Å². The van der Waals surface area contributed by atoms with Crippen molar-refractivity contribution in [2.75, 3.05) is 18.5 Å². The molecule has 1 fully saturated rings. The molecule has 1 aliphatic heterocycles. The number of fused-ring (bicyclic) bond motifs is 1. The highest BCUT2D eigenvalue weighted by Crippen LogP contribution is 2.27. The second-order valence-electron chi connectivity index (χ2n) is 7.98. The molecule has 1 heterocycles. The Labute approximate surface area is 167 Å². The molecule has 0 radical (unpaired) electrons. The number of aryl methyl sites for hydroxylation is 3. The molecule has 1 unspecified atom stereocenters. The molecular weight excluding hydrogens is 350 g/mol. The van der Waals surface area contributed by atoms with Gasteiger partial charge in [0.1, 0.15) is 12.4 Å². The molecule has 28 heavy (non-hydrogen) atoms. The fraction of sp³-hybridized carbons (Fsp3) is 0.458. The number of amides is 1. The molecule has 0 spiro atoms. The van der Waals surface area contributed by atoms with Crippen LogP contribution in [-0.4, -0.2) is 25.2 Å². The molecule has 4 heteroatoms. The molecule has 1 amide bonds. The van der Waals surface area contributed by atoms with Crippen molar-refractivity contribution in [3.05, 3.63) is 58.7 Å². The maximum atomic E-state index is 12.7. The number of nitrogens with one attached hydrogen (secondary N) is 1. The highest BCUT2D eigenvalue weighted by atomic mass is 16.5. The van der Waals surface area contributed by atoms with E-state index in [-0.39, 0.29) is 12.0 Å². The fourth-order valence-electron chi connectivity index (χ4n) is 4.09. The Morgan fingerprint density at radius 1 is 1.11 bits per heavy atom. The van der Waals surface area contributed by atoms with Gasteiger partial charge in [0.25, 0.3) is 0 Å². The van der Waals surface area contributed by atoms with Crippen molar-refractivity contribution in [1.29, 1.82) is 0 Å². The van der Waals surface area contributed by atoms with Crippen LogP contribution in [0.1, 0.15) is 47.9 Å². The lowest BCUT2D eigenvalue weighted by Gasteiger charge is -2.17. The van der Waals surface area contributed by atoms with Gasteiger partial charge >= 0.3 is 0 Å². The minimum atomic E-state index is -0.0124. The monoisotopic (exact) mass is 379 g/mol. The summed E-state index contributed by atoms with van der Waals surface area (Å²) in [7, 11) is 0. The van der Waals surface area contributed by atoms with Crippen LogP contribution in [0.5, 0.6) is 5.75 Å². The molecule has 1 atom stereocenters. The van der Waals surface area contributed by atoms with E-state index in [1.165, 1.54) is 24.0 Å². The highest BCUT2D eigenvalue weighted by Gasteiger charge is 2.18. The molecule has 0 bridgehead atoms. The summed E-state index contributed by atoms with van der Waals surface area (Å²) >= 11 is 0. The van der Waals surface area contributed by atoms with Crippen molar-refractivity contribution in [2.24, 2.45) is 0 Å². The van der Waals surface area contributed by atoms with E-state index in [1.54, 1.807) is 0 Å². The largest absolute Gasteiger partial charge is 0.489 e. The third-order valence-corrected chi connectivity index (χ3v) is 5.64. The average Bonchev–Trinajstić information content (AvgIpc) is 3.21. The number of rotatable bonds is 6. The molecule has 2 aliphatic rings. The van der Waals surface area contributed by atoms with E-state index in [2.05, 4.69) is 23.5 Å². The first-order valence-electron chi connectivity index (χ1n) is 10.4. The number of ether oxygens (including phenoxy) is 2. The van der Waals surface area contributed by atoms with Crippen molar-refractivity contribution < 1.29 is 14.3 Å². The van der Waals surface area contributed by atoms with E-state index >= 15 is 0 Å². The van der Waals surface area contributed by atoms with E-state index in [4.69, 9.17) is 9.47 Å². The summed E-state index contributed by atoms with van der Waals surface area (Å²) in [6.07, 6.45) is 7.47. The van der Waals surface area contributed by atoms with E-state index in [0.29, 0.717) is 18.8 Å². The molecule has 148 valence electrons. The number of anilines is 1. The Kier molecular flexibility index (Phi) is 5.96. The zero-order valence-electron chi connectivity index (χ0n) is 16.6. The number of benzene rings is 2. The summed E-state index contributed by atoms with van der Waals surface area (Å²) in [6, 6.07) is 12.4. The number of carbonyl (C=O) groups is 1. The number of hydrogen-bond acceptors (Lipinski definition) is 3. The van der Waals surface area contributed by atoms with Gasteiger partial charge in [-0.2, -0.15) is 0 Å². The van der Waals surface area contributed by atoms with Gasteiger partial charge in [-0.25, -0.2) is 0 Å². The van der Waals surface area contributed by atoms with Gasteiger partial charge in [-0.15, -0.1) is 0 Å². The average molecular weight is 380 g/mol. The highest BCUT2D eigenvalue weighted by molar-refractivity contribution is 5.93. The predicted octanol–water partition coefficient (Wildman–Crippen LogP) is 4.61. The van der Waals surface area contributed by atoms with Gasteiger partial charge in [0.05, 0.1) is 18.2 Å². The van der Waals surface area contributed by atoms with Crippen molar-refractivity contribution in [3.8, 4) is 5.75 Å². The first kappa shape index (κ1) is 19.0. The summed E-state index contributed by atoms with van der Waals surface area (Å²) in [5, 5.41) is 3.04. The molecule has 4 rings (SSSR count). The van der Waals surface area contributed by atoms with Crippen LogP contribution in [0.4, 0.5) is 5.69 Å². The third kappa shape index (κ3) is 4.74. The number of hydrogen-bond donors (Lipinski definition) is 1. The molecule has 1 saturated heterocycles. The van der Waals surface area contributed by atoms with Gasteiger partial charge in [-0.3, -0.25) is 4.79 Å². The lowest BCUT2D eigenvalue weighted by Crippen LogP contribution is -2.19. The molecule has 0 saturated carbocycles. The van der Waals surface area contributed by atoms with Crippen LogP contribution in [0.25, 0.3) is 0 Å². The molecule has 2 aromatic rings. The summed E-state index contributed by atoms with van der Waals surface area (Å²) in [6.45, 7) is 3.36. The summed E-state index contributed by atoms with van der Waals surface area (Å²) in [5.41, 5.74) is 5.76. The second kappa shape index (κ2) is 8.78. The van der Waals surface area contributed by atoms with Crippen LogP contribution in [0.2, 0.25) is 0 Å². The first-order valence-corrected chi connectivity index (χ1v) is 10.4. The predicted molar refractivity (Wildman–Crippen MR) is 111 cm³/mol. The van der Waals surface area contributed by atoms with Crippen molar-refractivity contribution in [2.45, 2.75) is 58.0 Å². The maximum absolute atomic E-state index is 12.7. The van der Waals surface area contributed by atoms with E-state index in [1.807, 2.05) is 25.1 Å². The molecule has 1 aliphatic carbocycles.